The van der Waals surface area contributed by atoms with Crippen molar-refractivity contribution in [1.29, 1.82) is 0 Å². The van der Waals surface area contributed by atoms with E-state index in [1.807, 2.05) is 0 Å². The summed E-state index contributed by atoms with van der Waals surface area (Å²) in [7, 11) is 1.70. The molecule has 0 heterocycles. The molecular formula is C16H32O3. The van der Waals surface area contributed by atoms with Crippen molar-refractivity contribution in [3.8, 4) is 0 Å². The lowest BCUT2D eigenvalue weighted by atomic mass is 9.73. The summed E-state index contributed by atoms with van der Waals surface area (Å²) in [5, 5.41) is 0. The van der Waals surface area contributed by atoms with Crippen molar-refractivity contribution < 1.29 is 14.2 Å². The van der Waals surface area contributed by atoms with Crippen LogP contribution >= 0.6 is 0 Å². The molecule has 0 amide bonds. The van der Waals surface area contributed by atoms with Gasteiger partial charge in [0.25, 0.3) is 0 Å². The second-order valence-electron chi connectivity index (χ2n) is 6.23. The van der Waals surface area contributed by atoms with Crippen LogP contribution in [0.25, 0.3) is 0 Å². The Kier molecular flexibility index (Phi) is 7.96. The van der Waals surface area contributed by atoms with Crippen LogP contribution in [-0.2, 0) is 14.2 Å². The van der Waals surface area contributed by atoms with Gasteiger partial charge in [-0.3, -0.25) is 0 Å². The van der Waals surface area contributed by atoms with Crippen LogP contribution in [0.1, 0.15) is 52.9 Å². The van der Waals surface area contributed by atoms with Gasteiger partial charge >= 0.3 is 0 Å². The van der Waals surface area contributed by atoms with E-state index in [1.165, 1.54) is 25.7 Å². The Hall–Kier alpha value is -0.120. The molecule has 2 atom stereocenters. The highest BCUT2D eigenvalue weighted by atomic mass is 16.5. The summed E-state index contributed by atoms with van der Waals surface area (Å²) >= 11 is 0. The van der Waals surface area contributed by atoms with Gasteiger partial charge in [-0.15, -0.1) is 0 Å². The minimum atomic E-state index is 0.115. The number of hydrogen-bond donors (Lipinski definition) is 0. The third-order valence-corrected chi connectivity index (χ3v) is 4.30. The third-order valence-electron chi connectivity index (χ3n) is 4.30. The summed E-state index contributed by atoms with van der Waals surface area (Å²) in [4.78, 5) is 0. The lowest BCUT2D eigenvalue weighted by Crippen LogP contribution is -2.43. The van der Waals surface area contributed by atoms with Gasteiger partial charge in [0.05, 0.1) is 18.8 Å². The molecule has 0 spiro atoms. The summed E-state index contributed by atoms with van der Waals surface area (Å²) in [6, 6.07) is 0. The van der Waals surface area contributed by atoms with Crippen LogP contribution in [0.2, 0.25) is 0 Å². The van der Waals surface area contributed by atoms with Crippen LogP contribution in [0, 0.1) is 11.8 Å². The van der Waals surface area contributed by atoms with E-state index in [2.05, 4.69) is 20.8 Å². The van der Waals surface area contributed by atoms with Gasteiger partial charge in [-0.25, -0.2) is 0 Å². The summed E-state index contributed by atoms with van der Waals surface area (Å²) in [6.07, 6.45) is 6.09. The number of ether oxygens (including phenoxy) is 3. The molecule has 0 aromatic carbocycles. The van der Waals surface area contributed by atoms with Crippen LogP contribution < -0.4 is 0 Å². The Morgan fingerprint density at radius 1 is 1.16 bits per heavy atom. The smallest absolute Gasteiger partial charge is 0.0707 e. The van der Waals surface area contributed by atoms with Gasteiger partial charge in [0.15, 0.2) is 0 Å². The van der Waals surface area contributed by atoms with Crippen molar-refractivity contribution in [2.45, 2.75) is 58.5 Å². The molecule has 2 unspecified atom stereocenters. The molecular weight excluding hydrogens is 240 g/mol. The molecule has 19 heavy (non-hydrogen) atoms. The summed E-state index contributed by atoms with van der Waals surface area (Å²) in [5.41, 5.74) is 0.115. The molecule has 0 N–H and O–H groups in total. The molecule has 3 heteroatoms. The normalized spacial score (nSPS) is 27.9. The van der Waals surface area contributed by atoms with Crippen LogP contribution in [0.5, 0.6) is 0 Å². The Bertz CT molecular complexity index is 230. The Morgan fingerprint density at radius 2 is 1.95 bits per heavy atom. The second-order valence-corrected chi connectivity index (χ2v) is 6.23. The summed E-state index contributed by atoms with van der Waals surface area (Å²) in [6.45, 7) is 9.90. The van der Waals surface area contributed by atoms with Crippen LogP contribution in [0.4, 0.5) is 0 Å². The molecule has 1 rings (SSSR count). The molecule has 114 valence electrons. The van der Waals surface area contributed by atoms with Gasteiger partial charge in [0.1, 0.15) is 0 Å². The quantitative estimate of drug-likeness (QED) is 0.600. The van der Waals surface area contributed by atoms with Gasteiger partial charge in [-0.05, 0) is 31.1 Å². The van der Waals surface area contributed by atoms with Crippen molar-refractivity contribution in [2.24, 2.45) is 11.8 Å². The molecule has 1 aliphatic carbocycles. The molecule has 3 nitrogen and oxygen atoms in total. The maximum atomic E-state index is 6.30. The Balaban J connectivity index is 2.23. The first-order valence-corrected chi connectivity index (χ1v) is 7.81. The fraction of sp³-hybridized carbons (Fsp3) is 1.00. The molecule has 0 bridgehead atoms. The number of rotatable bonds is 9. The standard InChI is InChI=1S/C16H32O3/c1-14(2)16(8-5-7-15(3)13-16)19-10-6-9-18-12-11-17-4/h14-15H,5-13H2,1-4H3. The van der Waals surface area contributed by atoms with E-state index < -0.39 is 0 Å². The molecule has 1 aliphatic rings. The minimum Gasteiger partial charge on any atom is -0.382 e. The molecule has 0 aromatic rings. The minimum absolute atomic E-state index is 0.115. The van der Waals surface area contributed by atoms with E-state index in [0.717, 1.165) is 25.6 Å². The van der Waals surface area contributed by atoms with Crippen molar-refractivity contribution >= 4 is 0 Å². The van der Waals surface area contributed by atoms with E-state index in [-0.39, 0.29) is 5.60 Å². The third kappa shape index (κ3) is 5.80. The topological polar surface area (TPSA) is 27.7 Å². The first kappa shape index (κ1) is 16.9. The average Bonchev–Trinajstić information content (AvgIpc) is 2.37. The number of methoxy groups -OCH3 is 1. The summed E-state index contributed by atoms with van der Waals surface area (Å²) in [5.74, 6) is 1.40. The van der Waals surface area contributed by atoms with Crippen molar-refractivity contribution in [2.75, 3.05) is 33.5 Å². The monoisotopic (exact) mass is 272 g/mol. The largest absolute Gasteiger partial charge is 0.382 e. The van der Waals surface area contributed by atoms with Gasteiger partial charge in [-0.2, -0.15) is 0 Å². The average molecular weight is 272 g/mol. The molecule has 0 saturated heterocycles. The van der Waals surface area contributed by atoms with E-state index in [1.54, 1.807) is 7.11 Å². The zero-order valence-electron chi connectivity index (χ0n) is 13.2. The zero-order chi connectivity index (χ0) is 14.1. The Morgan fingerprint density at radius 3 is 2.58 bits per heavy atom. The van der Waals surface area contributed by atoms with Crippen molar-refractivity contribution in [1.82, 2.24) is 0 Å². The van der Waals surface area contributed by atoms with Crippen LogP contribution in [0.15, 0.2) is 0 Å². The molecule has 0 radical (unpaired) electrons. The van der Waals surface area contributed by atoms with Gasteiger partial charge < -0.3 is 14.2 Å². The predicted molar refractivity (Wildman–Crippen MR) is 78.5 cm³/mol. The van der Waals surface area contributed by atoms with Gasteiger partial charge in [0.2, 0.25) is 0 Å². The Labute approximate surface area is 119 Å². The fourth-order valence-electron chi connectivity index (χ4n) is 3.05. The SMILES string of the molecule is COCCOCCCOC1(C(C)C)CCCC(C)C1. The lowest BCUT2D eigenvalue weighted by molar-refractivity contribution is -0.115. The maximum Gasteiger partial charge on any atom is 0.0707 e. The van der Waals surface area contributed by atoms with E-state index in [4.69, 9.17) is 14.2 Å². The molecule has 0 aliphatic heterocycles. The van der Waals surface area contributed by atoms with Crippen molar-refractivity contribution in [3.05, 3.63) is 0 Å². The van der Waals surface area contributed by atoms with E-state index in [0.29, 0.717) is 19.1 Å². The zero-order valence-corrected chi connectivity index (χ0v) is 13.2. The number of hydrogen-bond acceptors (Lipinski definition) is 3. The fourth-order valence-corrected chi connectivity index (χ4v) is 3.05. The van der Waals surface area contributed by atoms with E-state index >= 15 is 0 Å². The second kappa shape index (κ2) is 8.93. The van der Waals surface area contributed by atoms with E-state index in [9.17, 15) is 0 Å². The highest BCUT2D eigenvalue weighted by molar-refractivity contribution is 4.89. The first-order valence-electron chi connectivity index (χ1n) is 7.81. The van der Waals surface area contributed by atoms with Gasteiger partial charge in [-0.1, -0.05) is 33.6 Å². The van der Waals surface area contributed by atoms with Gasteiger partial charge in [0, 0.05) is 20.3 Å². The van der Waals surface area contributed by atoms with Crippen LogP contribution in [0.3, 0.4) is 0 Å². The molecule has 1 saturated carbocycles. The predicted octanol–water partition coefficient (Wildman–Crippen LogP) is 3.66. The maximum absolute atomic E-state index is 6.30. The molecule has 1 fully saturated rings. The highest BCUT2D eigenvalue weighted by Gasteiger charge is 2.38. The highest BCUT2D eigenvalue weighted by Crippen LogP contribution is 2.40. The summed E-state index contributed by atoms with van der Waals surface area (Å²) < 4.78 is 16.7. The van der Waals surface area contributed by atoms with Crippen molar-refractivity contribution in [3.63, 3.8) is 0 Å². The van der Waals surface area contributed by atoms with Crippen LogP contribution in [-0.4, -0.2) is 39.1 Å². The molecule has 0 aromatic heterocycles. The lowest BCUT2D eigenvalue weighted by Gasteiger charge is -2.43. The first-order chi connectivity index (χ1) is 9.10.